The minimum atomic E-state index is -3.29. The third-order valence-corrected chi connectivity index (χ3v) is 9.61. The van der Waals surface area contributed by atoms with E-state index in [1.165, 1.54) is 6.92 Å². The number of hydrogen-bond donors (Lipinski definition) is 2. The monoisotopic (exact) mass is 631 g/mol. The molecule has 0 aliphatic carbocycles. The summed E-state index contributed by atoms with van der Waals surface area (Å²) in [6.07, 6.45) is 3.68. The number of aromatic nitrogens is 1. The minimum absolute atomic E-state index is 0.0270. The lowest BCUT2D eigenvalue weighted by molar-refractivity contribution is -0.133. The van der Waals surface area contributed by atoms with Crippen molar-refractivity contribution >= 4 is 27.4 Å². The van der Waals surface area contributed by atoms with Gasteiger partial charge in [-0.1, -0.05) is 42.5 Å². The number of likely N-dealkylation sites (N-methyl/N-ethyl adjacent to an activating group) is 1. The summed E-state index contributed by atoms with van der Waals surface area (Å²) in [6, 6.07) is 18.0. The van der Waals surface area contributed by atoms with Crippen LogP contribution in [0.1, 0.15) is 82.4 Å². The molecule has 2 aromatic carbocycles. The number of hydrogen-bond acceptors (Lipinski definition) is 7. The number of carbonyl (C=O) groups is 3. The molecule has 0 spiro atoms. The van der Waals surface area contributed by atoms with Gasteiger partial charge < -0.3 is 20.1 Å². The van der Waals surface area contributed by atoms with Crippen molar-refractivity contribution < 1.29 is 22.8 Å². The highest BCUT2D eigenvalue weighted by Crippen LogP contribution is 2.24. The van der Waals surface area contributed by atoms with Crippen LogP contribution in [0, 0.1) is 18.3 Å². The molecule has 1 aliphatic rings. The number of sulfone groups is 1. The van der Waals surface area contributed by atoms with Gasteiger partial charge in [-0.3, -0.25) is 14.4 Å². The molecular formula is C34H41N5O5S. The van der Waals surface area contributed by atoms with Crippen LogP contribution in [0.2, 0.25) is 0 Å². The quantitative estimate of drug-likeness (QED) is 0.285. The van der Waals surface area contributed by atoms with Crippen LogP contribution in [0.25, 0.3) is 0 Å². The van der Waals surface area contributed by atoms with Crippen LogP contribution in [0.5, 0.6) is 0 Å². The maximum Gasteiger partial charge on any atom is 0.269 e. The Bertz CT molecular complexity index is 1670. The lowest BCUT2D eigenvalue weighted by atomic mass is 9.99. The van der Waals surface area contributed by atoms with Crippen molar-refractivity contribution in [3.05, 3.63) is 88.2 Å². The van der Waals surface area contributed by atoms with Gasteiger partial charge in [-0.05, 0) is 63.3 Å². The summed E-state index contributed by atoms with van der Waals surface area (Å²) in [5.74, 6) is -0.675. The van der Waals surface area contributed by atoms with E-state index in [-0.39, 0.29) is 51.9 Å². The molecule has 1 atom stereocenters. The fraction of sp³-hybridized carbons (Fsp3) is 0.412. The molecule has 0 bridgehead atoms. The lowest BCUT2D eigenvalue weighted by Crippen LogP contribution is -2.48. The number of H-pyrrole nitrogens is 1. The Morgan fingerprint density at radius 1 is 1.09 bits per heavy atom. The molecule has 2 amide bonds. The van der Waals surface area contributed by atoms with Crippen molar-refractivity contribution in [1.82, 2.24) is 20.1 Å². The summed E-state index contributed by atoms with van der Waals surface area (Å²) >= 11 is 0. The Balaban J connectivity index is 1.36. The summed E-state index contributed by atoms with van der Waals surface area (Å²) in [4.78, 5) is 46.1. The number of nitrogens with one attached hydrogen (secondary N) is 2. The molecule has 0 saturated carbocycles. The fourth-order valence-electron chi connectivity index (χ4n) is 6.12. The maximum absolute atomic E-state index is 13.4. The summed E-state index contributed by atoms with van der Waals surface area (Å²) < 4.78 is 23.5. The molecule has 1 aromatic heterocycles. The summed E-state index contributed by atoms with van der Waals surface area (Å²) in [5.41, 5.74) is 2.62. The average molecular weight is 632 g/mol. The number of piperidine rings is 1. The number of likely N-dealkylation sites (tertiary alicyclic amines) is 1. The molecule has 45 heavy (non-hydrogen) atoms. The topological polar surface area (TPSA) is 143 Å². The number of benzene rings is 2. The molecule has 4 rings (SSSR count). The molecule has 0 radical (unpaired) electrons. The highest BCUT2D eigenvalue weighted by molar-refractivity contribution is 7.90. The molecule has 11 heteroatoms. The molecule has 1 aliphatic heterocycles. The number of aryl methyl sites for hydroxylation is 1. The fourth-order valence-corrected chi connectivity index (χ4v) is 6.75. The first-order valence-electron chi connectivity index (χ1n) is 15.2. The van der Waals surface area contributed by atoms with E-state index in [9.17, 15) is 28.1 Å². The number of Topliss-reactive ketones (excluding diaryl/α,β-unsaturated/α-hetero) is 1. The number of amides is 2. The van der Waals surface area contributed by atoms with Crippen molar-refractivity contribution in [2.45, 2.75) is 63.4 Å². The highest BCUT2D eigenvalue weighted by Gasteiger charge is 2.29. The van der Waals surface area contributed by atoms with E-state index >= 15 is 0 Å². The first kappa shape index (κ1) is 33.6. The van der Waals surface area contributed by atoms with Crippen LogP contribution < -0.4 is 5.32 Å². The zero-order chi connectivity index (χ0) is 32.7. The van der Waals surface area contributed by atoms with Gasteiger partial charge in [0.1, 0.15) is 11.8 Å². The molecular weight excluding hydrogens is 590 g/mol. The van der Waals surface area contributed by atoms with Crippen LogP contribution in [0.15, 0.2) is 59.5 Å². The molecule has 3 aromatic rings. The van der Waals surface area contributed by atoms with Crippen molar-refractivity contribution in [1.29, 1.82) is 5.26 Å². The van der Waals surface area contributed by atoms with Gasteiger partial charge in [-0.15, -0.1) is 0 Å². The predicted molar refractivity (Wildman–Crippen MR) is 172 cm³/mol. The number of ketones is 1. The first-order valence-corrected chi connectivity index (χ1v) is 17.1. The van der Waals surface area contributed by atoms with Gasteiger partial charge in [0, 0.05) is 44.2 Å². The second-order valence-electron chi connectivity index (χ2n) is 11.6. The van der Waals surface area contributed by atoms with Gasteiger partial charge in [0.2, 0.25) is 5.91 Å². The minimum Gasteiger partial charge on any atom is -0.353 e. The van der Waals surface area contributed by atoms with E-state index in [0.717, 1.165) is 49.9 Å². The smallest absolute Gasteiger partial charge is 0.269 e. The Kier molecular flexibility index (Phi) is 11.0. The van der Waals surface area contributed by atoms with Crippen molar-refractivity contribution in [2.24, 2.45) is 0 Å². The third-order valence-electron chi connectivity index (χ3n) is 8.49. The predicted octanol–water partition coefficient (Wildman–Crippen LogP) is 4.22. The summed E-state index contributed by atoms with van der Waals surface area (Å²) in [7, 11) is -3.29. The SMILES string of the molecule is CCN(C(=O)Cc1ccc(S(C)(=O)=O)cc1)C1CCN(CC[C@H](NC(=O)c2[nH]c(C)c(C(C)=O)c2C#N)c2ccccc2)CC1. The number of aromatic amines is 1. The van der Waals surface area contributed by atoms with Crippen molar-refractivity contribution in [3.63, 3.8) is 0 Å². The van der Waals surface area contributed by atoms with Gasteiger partial charge in [0.25, 0.3) is 5.91 Å². The van der Waals surface area contributed by atoms with Gasteiger partial charge >= 0.3 is 0 Å². The van der Waals surface area contributed by atoms with Crippen molar-refractivity contribution in [2.75, 3.05) is 32.4 Å². The molecule has 2 heterocycles. The second kappa shape index (κ2) is 14.7. The zero-order valence-electron chi connectivity index (χ0n) is 26.3. The van der Waals surface area contributed by atoms with Crippen LogP contribution >= 0.6 is 0 Å². The average Bonchev–Trinajstić information content (AvgIpc) is 3.37. The van der Waals surface area contributed by atoms with E-state index in [2.05, 4.69) is 15.2 Å². The Morgan fingerprint density at radius 3 is 2.29 bits per heavy atom. The third kappa shape index (κ3) is 8.26. The Labute approximate surface area is 265 Å². The molecule has 2 N–H and O–H groups in total. The van der Waals surface area contributed by atoms with E-state index < -0.39 is 15.7 Å². The van der Waals surface area contributed by atoms with E-state index in [1.807, 2.05) is 48.2 Å². The number of nitriles is 1. The van der Waals surface area contributed by atoms with E-state index in [0.29, 0.717) is 18.7 Å². The summed E-state index contributed by atoms with van der Waals surface area (Å²) in [6.45, 7) is 7.98. The highest BCUT2D eigenvalue weighted by atomic mass is 32.2. The van der Waals surface area contributed by atoms with Crippen LogP contribution in [0.3, 0.4) is 0 Å². The molecule has 1 fully saturated rings. The number of rotatable bonds is 12. The summed E-state index contributed by atoms with van der Waals surface area (Å²) in [5, 5.41) is 12.8. The lowest BCUT2D eigenvalue weighted by Gasteiger charge is -2.38. The molecule has 238 valence electrons. The Morgan fingerprint density at radius 2 is 1.73 bits per heavy atom. The number of carbonyl (C=O) groups excluding carboxylic acids is 3. The zero-order valence-corrected chi connectivity index (χ0v) is 27.1. The first-order chi connectivity index (χ1) is 21.4. The molecule has 0 unspecified atom stereocenters. The van der Waals surface area contributed by atoms with Crippen LogP contribution in [-0.4, -0.2) is 79.3 Å². The van der Waals surface area contributed by atoms with Gasteiger partial charge in [-0.2, -0.15) is 5.26 Å². The maximum atomic E-state index is 13.4. The van der Waals surface area contributed by atoms with Gasteiger partial charge in [0.05, 0.1) is 28.5 Å². The standard InChI is InChI=1S/C34H41N5O5S/c1-5-39(31(41)21-25-11-13-28(14-12-25)45(4,43)44)27-15-18-38(19-16-27)20-17-30(26-9-7-6-8-10-26)37-34(42)33-29(22-35)32(24(3)40)23(2)36-33/h6-14,27,30,36H,5,15-21H2,1-4H3,(H,37,42)/t30-/m0/s1. The molecule has 10 nitrogen and oxygen atoms in total. The number of nitrogens with zero attached hydrogens (tertiary/aromatic N) is 3. The second-order valence-corrected chi connectivity index (χ2v) is 13.6. The normalized spacial score (nSPS) is 14.8. The van der Waals surface area contributed by atoms with Gasteiger partial charge in [0.15, 0.2) is 15.6 Å². The van der Waals surface area contributed by atoms with Crippen LogP contribution in [0.4, 0.5) is 0 Å². The Hall–Kier alpha value is -4.27. The van der Waals surface area contributed by atoms with E-state index in [4.69, 9.17) is 0 Å². The molecule has 1 saturated heterocycles. The van der Waals surface area contributed by atoms with Crippen LogP contribution in [-0.2, 0) is 21.1 Å². The van der Waals surface area contributed by atoms with Gasteiger partial charge in [-0.25, -0.2) is 8.42 Å². The largest absolute Gasteiger partial charge is 0.353 e. The van der Waals surface area contributed by atoms with Crippen molar-refractivity contribution in [3.8, 4) is 6.07 Å². The van der Waals surface area contributed by atoms with E-state index in [1.54, 1.807) is 31.2 Å².